The highest BCUT2D eigenvalue weighted by atomic mass is 35.5. The number of rotatable bonds is 7. The van der Waals surface area contributed by atoms with E-state index in [9.17, 15) is 4.79 Å². The van der Waals surface area contributed by atoms with Crippen molar-refractivity contribution in [1.29, 1.82) is 0 Å². The molecule has 2 aliphatic rings. The smallest absolute Gasteiger partial charge is 0.240 e. The number of carbonyl (C=O) groups is 1. The van der Waals surface area contributed by atoms with Gasteiger partial charge in [-0.3, -0.25) is 4.79 Å². The Bertz CT molecular complexity index is 386. The molecule has 136 valence electrons. The van der Waals surface area contributed by atoms with E-state index in [1.807, 2.05) is 20.8 Å². The quantitative estimate of drug-likeness (QED) is 0.693. The second kappa shape index (κ2) is 8.65. The monoisotopic (exact) mass is 348 g/mol. The van der Waals surface area contributed by atoms with Gasteiger partial charge in [0, 0.05) is 25.0 Å². The van der Waals surface area contributed by atoms with Crippen LogP contribution >= 0.6 is 12.4 Å². The Morgan fingerprint density at radius 3 is 2.43 bits per heavy atom. The molecule has 0 spiro atoms. The maximum Gasteiger partial charge on any atom is 0.240 e. The standard InChI is InChI=1S/C17H32N2O3.ClH/c1-4-21-14-12-17(18,16(14,2)3)15(20)19-10-11-22-13-8-6-5-7-9-13;/h13-14H,4-12,18H2,1-3H3,(H,19,20);1H. The molecule has 5 nitrogen and oxygen atoms in total. The van der Waals surface area contributed by atoms with Crippen LogP contribution in [0.3, 0.4) is 0 Å². The Kier molecular flexibility index (Phi) is 7.78. The SMILES string of the molecule is CCOC1CC(N)(C(=O)NCCOC2CCCCC2)C1(C)C.Cl. The van der Waals surface area contributed by atoms with Crippen LogP contribution in [-0.4, -0.2) is 43.4 Å². The summed E-state index contributed by atoms with van der Waals surface area (Å²) in [5.41, 5.74) is 5.17. The fourth-order valence-electron chi connectivity index (χ4n) is 3.60. The summed E-state index contributed by atoms with van der Waals surface area (Å²) < 4.78 is 11.5. The van der Waals surface area contributed by atoms with E-state index >= 15 is 0 Å². The first-order chi connectivity index (χ1) is 10.4. The zero-order valence-corrected chi connectivity index (χ0v) is 15.5. The minimum absolute atomic E-state index is 0. The Hall–Kier alpha value is -0.360. The fourth-order valence-corrected chi connectivity index (χ4v) is 3.60. The molecule has 0 heterocycles. The van der Waals surface area contributed by atoms with E-state index in [1.54, 1.807) is 0 Å². The van der Waals surface area contributed by atoms with Gasteiger partial charge in [0.15, 0.2) is 0 Å². The molecule has 2 rings (SSSR count). The molecule has 0 aliphatic heterocycles. The van der Waals surface area contributed by atoms with Crippen molar-refractivity contribution < 1.29 is 14.3 Å². The summed E-state index contributed by atoms with van der Waals surface area (Å²) in [5.74, 6) is -0.0827. The Morgan fingerprint density at radius 2 is 1.87 bits per heavy atom. The third-order valence-electron chi connectivity index (χ3n) is 5.53. The predicted octanol–water partition coefficient (Wildman–Crippen LogP) is 2.41. The van der Waals surface area contributed by atoms with Gasteiger partial charge < -0.3 is 20.5 Å². The molecule has 23 heavy (non-hydrogen) atoms. The third kappa shape index (κ3) is 4.38. The summed E-state index contributed by atoms with van der Waals surface area (Å²) in [5, 5.41) is 2.94. The van der Waals surface area contributed by atoms with Crippen LogP contribution in [0.4, 0.5) is 0 Å². The van der Waals surface area contributed by atoms with E-state index in [-0.39, 0.29) is 29.8 Å². The molecule has 2 unspecified atom stereocenters. The normalized spacial score (nSPS) is 30.2. The van der Waals surface area contributed by atoms with Gasteiger partial charge in [-0.05, 0) is 19.8 Å². The number of ether oxygens (including phenoxy) is 2. The summed E-state index contributed by atoms with van der Waals surface area (Å²) in [6.07, 6.45) is 7.17. The second-order valence-electron chi connectivity index (χ2n) is 7.23. The first kappa shape index (κ1) is 20.7. The lowest BCUT2D eigenvalue weighted by Crippen LogP contribution is -2.75. The summed E-state index contributed by atoms with van der Waals surface area (Å²) in [6.45, 7) is 7.74. The number of halogens is 1. The van der Waals surface area contributed by atoms with Crippen molar-refractivity contribution in [3.63, 3.8) is 0 Å². The molecule has 0 radical (unpaired) electrons. The van der Waals surface area contributed by atoms with Crippen LogP contribution in [-0.2, 0) is 14.3 Å². The number of carbonyl (C=O) groups excluding carboxylic acids is 1. The molecular weight excluding hydrogens is 316 g/mol. The van der Waals surface area contributed by atoms with Crippen molar-refractivity contribution in [2.24, 2.45) is 11.1 Å². The van der Waals surface area contributed by atoms with Gasteiger partial charge >= 0.3 is 0 Å². The molecule has 2 saturated carbocycles. The number of amides is 1. The molecule has 0 aromatic heterocycles. The van der Waals surface area contributed by atoms with Crippen molar-refractivity contribution >= 4 is 18.3 Å². The summed E-state index contributed by atoms with van der Waals surface area (Å²) >= 11 is 0. The first-order valence-corrected chi connectivity index (χ1v) is 8.72. The Balaban J connectivity index is 0.00000264. The summed E-state index contributed by atoms with van der Waals surface area (Å²) in [4.78, 5) is 12.4. The minimum Gasteiger partial charge on any atom is -0.378 e. The Morgan fingerprint density at radius 1 is 1.22 bits per heavy atom. The molecule has 0 bridgehead atoms. The molecule has 0 aromatic rings. The van der Waals surface area contributed by atoms with E-state index in [4.69, 9.17) is 15.2 Å². The van der Waals surface area contributed by atoms with E-state index in [0.717, 1.165) is 12.8 Å². The highest BCUT2D eigenvalue weighted by molar-refractivity contribution is 5.88. The van der Waals surface area contributed by atoms with E-state index < -0.39 is 5.54 Å². The number of nitrogens with two attached hydrogens (primary N) is 1. The van der Waals surface area contributed by atoms with Crippen LogP contribution in [0.1, 0.15) is 59.3 Å². The van der Waals surface area contributed by atoms with Crippen molar-refractivity contribution in [3.05, 3.63) is 0 Å². The van der Waals surface area contributed by atoms with Crippen LogP contribution in [0, 0.1) is 5.41 Å². The highest BCUT2D eigenvalue weighted by Crippen LogP contribution is 2.49. The number of hydrogen-bond donors (Lipinski definition) is 2. The van der Waals surface area contributed by atoms with Crippen molar-refractivity contribution in [1.82, 2.24) is 5.32 Å². The fraction of sp³-hybridized carbons (Fsp3) is 0.941. The molecule has 2 atom stereocenters. The topological polar surface area (TPSA) is 73.6 Å². The third-order valence-corrected chi connectivity index (χ3v) is 5.53. The molecule has 2 aliphatic carbocycles. The maximum absolute atomic E-state index is 12.4. The summed E-state index contributed by atoms with van der Waals surface area (Å²) in [7, 11) is 0. The largest absolute Gasteiger partial charge is 0.378 e. The second-order valence-corrected chi connectivity index (χ2v) is 7.23. The van der Waals surface area contributed by atoms with Crippen molar-refractivity contribution in [2.75, 3.05) is 19.8 Å². The molecule has 0 saturated heterocycles. The maximum atomic E-state index is 12.4. The Labute approximate surface area is 146 Å². The summed E-state index contributed by atoms with van der Waals surface area (Å²) in [6, 6.07) is 0. The molecule has 0 aromatic carbocycles. The lowest BCUT2D eigenvalue weighted by Gasteiger charge is -2.57. The van der Waals surface area contributed by atoms with Crippen LogP contribution < -0.4 is 11.1 Å². The van der Waals surface area contributed by atoms with Crippen LogP contribution in [0.2, 0.25) is 0 Å². The van der Waals surface area contributed by atoms with Crippen LogP contribution in [0.5, 0.6) is 0 Å². The average molecular weight is 349 g/mol. The number of hydrogen-bond acceptors (Lipinski definition) is 4. The van der Waals surface area contributed by atoms with E-state index in [1.165, 1.54) is 19.3 Å². The van der Waals surface area contributed by atoms with Gasteiger partial charge in [0.25, 0.3) is 0 Å². The lowest BCUT2D eigenvalue weighted by atomic mass is 9.54. The van der Waals surface area contributed by atoms with Gasteiger partial charge in [0.05, 0.1) is 18.8 Å². The van der Waals surface area contributed by atoms with E-state index in [0.29, 0.717) is 32.3 Å². The zero-order chi connectivity index (χ0) is 16.2. The predicted molar refractivity (Wildman–Crippen MR) is 93.8 cm³/mol. The molecule has 6 heteroatoms. The van der Waals surface area contributed by atoms with Gasteiger partial charge in [0.2, 0.25) is 5.91 Å². The van der Waals surface area contributed by atoms with Crippen LogP contribution in [0.15, 0.2) is 0 Å². The molecule has 3 N–H and O–H groups in total. The highest BCUT2D eigenvalue weighted by Gasteiger charge is 2.62. The van der Waals surface area contributed by atoms with Crippen LogP contribution in [0.25, 0.3) is 0 Å². The molecule has 2 fully saturated rings. The average Bonchev–Trinajstić information content (AvgIpc) is 2.52. The molecular formula is C17H33ClN2O3. The zero-order valence-electron chi connectivity index (χ0n) is 14.7. The van der Waals surface area contributed by atoms with Gasteiger partial charge in [0.1, 0.15) is 5.54 Å². The van der Waals surface area contributed by atoms with Gasteiger partial charge in [-0.15, -0.1) is 12.4 Å². The van der Waals surface area contributed by atoms with Crippen molar-refractivity contribution in [3.8, 4) is 0 Å². The van der Waals surface area contributed by atoms with Gasteiger partial charge in [-0.25, -0.2) is 0 Å². The molecule has 1 amide bonds. The van der Waals surface area contributed by atoms with Gasteiger partial charge in [-0.2, -0.15) is 0 Å². The lowest BCUT2D eigenvalue weighted by molar-refractivity contribution is -0.170. The van der Waals surface area contributed by atoms with E-state index in [2.05, 4.69) is 5.32 Å². The first-order valence-electron chi connectivity index (χ1n) is 8.72. The van der Waals surface area contributed by atoms with Crippen molar-refractivity contribution in [2.45, 2.75) is 77.0 Å². The van der Waals surface area contributed by atoms with Gasteiger partial charge in [-0.1, -0.05) is 33.1 Å². The minimum atomic E-state index is -0.836. The number of nitrogens with one attached hydrogen (secondary N) is 1.